The number of rotatable bonds is 8. The van der Waals surface area contributed by atoms with Crippen LogP contribution in [0.3, 0.4) is 0 Å². The summed E-state index contributed by atoms with van der Waals surface area (Å²) in [6.07, 6.45) is 7.40. The number of halogens is 1. The molecule has 0 saturated heterocycles. The van der Waals surface area contributed by atoms with Crippen molar-refractivity contribution >= 4 is 23.2 Å². The second-order valence-electron chi connectivity index (χ2n) is 10.4. The van der Waals surface area contributed by atoms with Gasteiger partial charge in [0.15, 0.2) is 17.8 Å². The fourth-order valence-corrected chi connectivity index (χ4v) is 5.94. The van der Waals surface area contributed by atoms with Crippen molar-refractivity contribution < 1.29 is 14.3 Å². The molecule has 1 saturated carbocycles. The van der Waals surface area contributed by atoms with E-state index in [2.05, 4.69) is 15.5 Å². The predicted molar refractivity (Wildman–Crippen MR) is 141 cm³/mol. The van der Waals surface area contributed by atoms with Crippen LogP contribution in [0.5, 0.6) is 0 Å². The number of carbonyl (C=O) groups is 2. The monoisotopic (exact) mass is 527 g/mol. The molecule has 1 unspecified atom stereocenters. The van der Waals surface area contributed by atoms with Crippen LogP contribution in [-0.2, 0) is 23.1 Å². The van der Waals surface area contributed by atoms with E-state index in [1.54, 1.807) is 30.5 Å². The van der Waals surface area contributed by atoms with Gasteiger partial charge in [0, 0.05) is 33.7 Å². The molecule has 2 aliphatic carbocycles. The number of tetrazole rings is 1. The second-order valence-corrected chi connectivity index (χ2v) is 10.9. The molecule has 8 nitrogen and oxygen atoms in total. The lowest BCUT2D eigenvalue weighted by atomic mass is 9.74. The molecule has 0 spiro atoms. The van der Waals surface area contributed by atoms with Crippen molar-refractivity contribution in [1.82, 2.24) is 20.2 Å². The van der Waals surface area contributed by atoms with Crippen molar-refractivity contribution in [1.29, 1.82) is 0 Å². The van der Waals surface area contributed by atoms with E-state index < -0.39 is 5.41 Å². The van der Waals surface area contributed by atoms with Gasteiger partial charge in [-0.2, -0.15) is 9.41 Å². The van der Waals surface area contributed by atoms with Crippen LogP contribution < -0.4 is 4.73 Å². The minimum absolute atomic E-state index is 0.0102. The van der Waals surface area contributed by atoms with Crippen LogP contribution in [0.25, 0.3) is 16.8 Å². The molecule has 2 heterocycles. The van der Waals surface area contributed by atoms with Crippen LogP contribution in [0.15, 0.2) is 61.1 Å². The average molecular weight is 528 g/mol. The zero-order valence-corrected chi connectivity index (χ0v) is 21.7. The van der Waals surface area contributed by atoms with Gasteiger partial charge in [-0.05, 0) is 72.4 Å². The number of hydrogen-bond acceptors (Lipinski definition) is 6. The van der Waals surface area contributed by atoms with Gasteiger partial charge in [-0.15, -0.1) is 5.10 Å². The molecule has 0 aliphatic heterocycles. The Morgan fingerprint density at radius 1 is 1.16 bits per heavy atom. The maximum Gasteiger partial charge on any atom is 0.209 e. The highest BCUT2D eigenvalue weighted by Crippen LogP contribution is 2.49. The highest BCUT2D eigenvalue weighted by Gasteiger charge is 2.53. The first-order valence-corrected chi connectivity index (χ1v) is 13.1. The number of pyridine rings is 1. The molecule has 0 bridgehead atoms. The van der Waals surface area contributed by atoms with E-state index in [4.69, 9.17) is 11.6 Å². The van der Waals surface area contributed by atoms with Crippen LogP contribution in [0.1, 0.15) is 59.8 Å². The molecule has 2 aliphatic rings. The molecule has 38 heavy (non-hydrogen) atoms. The first kappa shape index (κ1) is 24.4. The molecule has 4 aromatic rings. The first-order chi connectivity index (χ1) is 18.3. The summed E-state index contributed by atoms with van der Waals surface area (Å²) < 4.78 is 2.44. The van der Waals surface area contributed by atoms with E-state index in [1.165, 1.54) is 17.9 Å². The van der Waals surface area contributed by atoms with Crippen molar-refractivity contribution in [3.8, 4) is 16.8 Å². The Bertz CT molecular complexity index is 1550. The molecule has 6 rings (SSSR count). The topological polar surface area (TPSA) is 105 Å². The van der Waals surface area contributed by atoms with Crippen molar-refractivity contribution in [2.24, 2.45) is 5.92 Å². The molecule has 1 atom stereocenters. The van der Waals surface area contributed by atoms with E-state index in [-0.39, 0.29) is 18.0 Å². The minimum atomic E-state index is -0.816. The number of ketones is 2. The van der Waals surface area contributed by atoms with Gasteiger partial charge in [-0.25, -0.2) is 0 Å². The summed E-state index contributed by atoms with van der Waals surface area (Å²) in [5.74, 6) is 0.515. The van der Waals surface area contributed by atoms with E-state index in [1.807, 2.05) is 24.3 Å². The van der Waals surface area contributed by atoms with Gasteiger partial charge in [0.25, 0.3) is 0 Å². The first-order valence-electron chi connectivity index (χ1n) is 12.8. The highest BCUT2D eigenvalue weighted by molar-refractivity contribution is 6.31. The molecule has 0 amide bonds. The SMILES string of the molecule is CC(=O)c1ccc(CC(=O)C2(CC3CC3)CCc3cc(-c4cc(Cl)ccc4-n4cnnn4)c[n+]([O-])c32)cc1. The van der Waals surface area contributed by atoms with Crippen molar-refractivity contribution in [2.75, 3.05) is 0 Å². The Hall–Kier alpha value is -3.91. The Morgan fingerprint density at radius 2 is 1.95 bits per heavy atom. The summed E-state index contributed by atoms with van der Waals surface area (Å²) in [5, 5.41) is 25.7. The maximum atomic E-state index is 14.0. The predicted octanol–water partition coefficient (Wildman–Crippen LogP) is 4.61. The molecule has 0 N–H and O–H groups in total. The summed E-state index contributed by atoms with van der Waals surface area (Å²) in [6.45, 7) is 1.52. The van der Waals surface area contributed by atoms with Gasteiger partial charge in [0.1, 0.15) is 11.7 Å². The van der Waals surface area contributed by atoms with Gasteiger partial charge in [-0.3, -0.25) is 9.59 Å². The fraction of sp³-hybridized carbons (Fsp3) is 0.310. The standard InChI is InChI=1S/C29H26ClN5O3/c1-18(36)21-6-4-19(5-7-21)12-27(37)29(15-20-2-3-20)11-10-22-13-23(16-35(38)28(22)29)25-14-24(30)8-9-26(25)34-17-31-32-33-34/h4-9,13-14,16-17,20H,2-3,10-12,15H2,1H3. The summed E-state index contributed by atoms with van der Waals surface area (Å²) in [5.41, 5.74) is 4.24. The van der Waals surface area contributed by atoms with Crippen LogP contribution >= 0.6 is 11.6 Å². The summed E-state index contributed by atoms with van der Waals surface area (Å²) in [4.78, 5) is 25.6. The largest absolute Gasteiger partial charge is 0.618 e. The normalized spacial score (nSPS) is 18.4. The van der Waals surface area contributed by atoms with Crippen LogP contribution in [-0.4, -0.2) is 31.8 Å². The molecule has 0 radical (unpaired) electrons. The highest BCUT2D eigenvalue weighted by atomic mass is 35.5. The van der Waals surface area contributed by atoms with Crippen LogP contribution in [0, 0.1) is 11.1 Å². The quantitative estimate of drug-likeness (QED) is 0.188. The summed E-state index contributed by atoms with van der Waals surface area (Å²) in [7, 11) is 0. The number of nitrogens with zero attached hydrogens (tertiary/aromatic N) is 5. The summed E-state index contributed by atoms with van der Waals surface area (Å²) in [6, 6.07) is 14.6. The maximum absolute atomic E-state index is 14.0. The Labute approximate surface area is 224 Å². The van der Waals surface area contributed by atoms with Crippen molar-refractivity contribution in [3.05, 3.63) is 93.7 Å². The number of fused-ring (bicyclic) bond motifs is 1. The average Bonchev–Trinajstić information content (AvgIpc) is 3.38. The smallest absolute Gasteiger partial charge is 0.209 e. The van der Waals surface area contributed by atoms with Crippen molar-refractivity contribution in [2.45, 2.75) is 50.9 Å². The van der Waals surface area contributed by atoms with Crippen molar-refractivity contribution in [3.63, 3.8) is 0 Å². The molecule has 9 heteroatoms. The number of Topliss-reactive ketones (excluding diaryl/α,β-unsaturated/α-hetero) is 2. The number of benzene rings is 2. The van der Waals surface area contributed by atoms with Gasteiger partial charge >= 0.3 is 0 Å². The Balaban J connectivity index is 1.39. The van der Waals surface area contributed by atoms with E-state index in [9.17, 15) is 14.8 Å². The number of hydrogen-bond donors (Lipinski definition) is 0. The third-order valence-corrected chi connectivity index (χ3v) is 8.08. The van der Waals surface area contributed by atoms with Gasteiger partial charge in [0.05, 0.1) is 5.69 Å². The molecular weight excluding hydrogens is 502 g/mol. The van der Waals surface area contributed by atoms with E-state index in [0.717, 1.165) is 34.3 Å². The van der Waals surface area contributed by atoms with Crippen LogP contribution in [0.2, 0.25) is 5.02 Å². The fourth-order valence-electron chi connectivity index (χ4n) is 5.77. The lowest BCUT2D eigenvalue weighted by molar-refractivity contribution is -0.616. The van der Waals surface area contributed by atoms with E-state index in [0.29, 0.717) is 52.7 Å². The molecule has 192 valence electrons. The van der Waals surface area contributed by atoms with Gasteiger partial charge in [-0.1, -0.05) is 48.7 Å². The zero-order chi connectivity index (χ0) is 26.4. The molecule has 2 aromatic carbocycles. The summed E-state index contributed by atoms with van der Waals surface area (Å²) >= 11 is 6.33. The number of aromatic nitrogens is 5. The molecule has 1 fully saturated rings. The minimum Gasteiger partial charge on any atom is -0.618 e. The second kappa shape index (κ2) is 9.44. The molecular formula is C29H26ClN5O3. The molecule has 2 aromatic heterocycles. The zero-order valence-electron chi connectivity index (χ0n) is 20.9. The lowest BCUT2D eigenvalue weighted by Gasteiger charge is -2.27. The third-order valence-electron chi connectivity index (χ3n) is 7.84. The Kier molecular flexibility index (Phi) is 6.07. The van der Waals surface area contributed by atoms with Gasteiger partial charge < -0.3 is 5.21 Å². The number of aryl methyl sites for hydroxylation is 1. The Morgan fingerprint density at radius 3 is 2.63 bits per heavy atom. The van der Waals surface area contributed by atoms with Crippen LogP contribution in [0.4, 0.5) is 0 Å². The van der Waals surface area contributed by atoms with E-state index >= 15 is 0 Å². The third kappa shape index (κ3) is 4.39. The van der Waals surface area contributed by atoms with Gasteiger partial charge in [0.2, 0.25) is 5.69 Å². The lowest BCUT2D eigenvalue weighted by Crippen LogP contribution is -2.46. The number of carbonyl (C=O) groups excluding carboxylic acids is 2.